The molecule has 140 valence electrons. The van der Waals surface area contributed by atoms with Crippen molar-refractivity contribution in [2.75, 3.05) is 31.4 Å². The minimum atomic E-state index is 0.334. The van der Waals surface area contributed by atoms with Crippen LogP contribution in [0, 0.1) is 6.92 Å². The first-order valence-electron chi connectivity index (χ1n) is 8.98. The topological polar surface area (TPSA) is 59.9 Å². The van der Waals surface area contributed by atoms with Crippen LogP contribution in [0.4, 0.5) is 11.4 Å². The molecule has 0 saturated heterocycles. The Morgan fingerprint density at radius 3 is 2.50 bits per heavy atom. The fourth-order valence-corrected chi connectivity index (χ4v) is 2.69. The fourth-order valence-electron chi connectivity index (χ4n) is 2.69. The summed E-state index contributed by atoms with van der Waals surface area (Å²) in [6, 6.07) is 14.3. The van der Waals surface area contributed by atoms with E-state index in [9.17, 15) is 5.11 Å². The Morgan fingerprint density at radius 1 is 1.19 bits per heavy atom. The highest BCUT2D eigenvalue weighted by Gasteiger charge is 2.11. The molecule has 26 heavy (non-hydrogen) atoms. The standard InChI is InChI=1S/C21H30N4O/c1-15-6-11-19(12-7-15)25(5)21(23-4)24-18-10-13-20(26)17(14-18)9-8-16(2)22-3/h6-7,10-14,16,22,26H,8-9H2,1-5H3,(H,23,24). The lowest BCUT2D eigenvalue weighted by Crippen LogP contribution is -2.33. The largest absolute Gasteiger partial charge is 0.508 e. The number of phenols is 1. The summed E-state index contributed by atoms with van der Waals surface area (Å²) in [5.41, 5.74) is 4.13. The first kappa shape index (κ1) is 19.8. The van der Waals surface area contributed by atoms with Gasteiger partial charge in [0.2, 0.25) is 5.96 Å². The number of aliphatic imine (C=N–C) groups is 1. The predicted molar refractivity (Wildman–Crippen MR) is 112 cm³/mol. The summed E-state index contributed by atoms with van der Waals surface area (Å²) in [6.45, 7) is 4.21. The molecule has 2 rings (SSSR count). The van der Waals surface area contributed by atoms with E-state index in [1.54, 1.807) is 13.1 Å². The molecule has 0 saturated carbocycles. The third-order valence-corrected chi connectivity index (χ3v) is 4.63. The van der Waals surface area contributed by atoms with E-state index in [0.29, 0.717) is 11.8 Å². The van der Waals surface area contributed by atoms with Gasteiger partial charge in [0.05, 0.1) is 0 Å². The van der Waals surface area contributed by atoms with Crippen LogP contribution in [0.25, 0.3) is 0 Å². The van der Waals surface area contributed by atoms with Gasteiger partial charge in [0.25, 0.3) is 0 Å². The molecule has 2 aromatic rings. The van der Waals surface area contributed by atoms with Crippen molar-refractivity contribution >= 4 is 17.3 Å². The van der Waals surface area contributed by atoms with E-state index in [1.165, 1.54) is 5.56 Å². The summed E-state index contributed by atoms with van der Waals surface area (Å²) in [6.07, 6.45) is 1.78. The molecule has 0 bridgehead atoms. The zero-order valence-corrected chi connectivity index (χ0v) is 16.4. The average molecular weight is 354 g/mol. The van der Waals surface area contributed by atoms with Gasteiger partial charge in [-0.15, -0.1) is 0 Å². The maximum absolute atomic E-state index is 10.1. The summed E-state index contributed by atoms with van der Waals surface area (Å²) >= 11 is 0. The Kier molecular flexibility index (Phi) is 7.04. The van der Waals surface area contributed by atoms with Crippen LogP contribution in [0.2, 0.25) is 0 Å². The molecule has 0 spiro atoms. The van der Waals surface area contributed by atoms with Crippen LogP contribution in [0.1, 0.15) is 24.5 Å². The highest BCUT2D eigenvalue weighted by atomic mass is 16.3. The van der Waals surface area contributed by atoms with Crippen LogP contribution in [0.3, 0.4) is 0 Å². The first-order valence-corrected chi connectivity index (χ1v) is 8.98. The van der Waals surface area contributed by atoms with Gasteiger partial charge in [0.15, 0.2) is 0 Å². The van der Waals surface area contributed by atoms with Crippen molar-refractivity contribution in [1.82, 2.24) is 5.32 Å². The van der Waals surface area contributed by atoms with Crippen LogP contribution in [0.5, 0.6) is 5.75 Å². The average Bonchev–Trinajstić information content (AvgIpc) is 2.66. The second kappa shape index (κ2) is 9.25. The number of phenolic OH excluding ortho intramolecular Hbond substituents is 1. The van der Waals surface area contributed by atoms with Crippen molar-refractivity contribution in [3.05, 3.63) is 53.6 Å². The zero-order chi connectivity index (χ0) is 19.1. The minimum Gasteiger partial charge on any atom is -0.508 e. The maximum Gasteiger partial charge on any atom is 0.202 e. The highest BCUT2D eigenvalue weighted by Crippen LogP contribution is 2.24. The van der Waals surface area contributed by atoms with Gasteiger partial charge in [-0.2, -0.15) is 0 Å². The molecule has 3 N–H and O–H groups in total. The molecule has 1 atom stereocenters. The number of benzene rings is 2. The third-order valence-electron chi connectivity index (χ3n) is 4.63. The van der Waals surface area contributed by atoms with Crippen LogP contribution in [0.15, 0.2) is 47.5 Å². The maximum atomic E-state index is 10.1. The molecule has 0 aliphatic heterocycles. The normalized spacial score (nSPS) is 12.7. The monoisotopic (exact) mass is 354 g/mol. The van der Waals surface area contributed by atoms with Gasteiger partial charge < -0.3 is 20.6 Å². The van der Waals surface area contributed by atoms with Crippen molar-refractivity contribution in [3.8, 4) is 5.75 Å². The lowest BCUT2D eigenvalue weighted by atomic mass is 10.0. The third kappa shape index (κ3) is 5.23. The van der Waals surface area contributed by atoms with Crippen molar-refractivity contribution < 1.29 is 5.11 Å². The van der Waals surface area contributed by atoms with Crippen molar-refractivity contribution in [3.63, 3.8) is 0 Å². The number of hydrogen-bond donors (Lipinski definition) is 3. The molecule has 5 nitrogen and oxygen atoms in total. The Balaban J connectivity index is 2.13. The summed E-state index contributed by atoms with van der Waals surface area (Å²) in [5.74, 6) is 1.08. The van der Waals surface area contributed by atoms with Gasteiger partial charge in [-0.3, -0.25) is 4.99 Å². The van der Waals surface area contributed by atoms with Crippen LogP contribution < -0.4 is 15.5 Å². The van der Waals surface area contributed by atoms with Crippen LogP contribution in [-0.4, -0.2) is 38.3 Å². The molecule has 0 aromatic heterocycles. The number of nitrogens with one attached hydrogen (secondary N) is 2. The lowest BCUT2D eigenvalue weighted by molar-refractivity contribution is 0.463. The molecule has 0 aliphatic carbocycles. The summed E-state index contributed by atoms with van der Waals surface area (Å²) in [7, 11) is 5.70. The Morgan fingerprint density at radius 2 is 1.88 bits per heavy atom. The van der Waals surface area contributed by atoms with Crippen molar-refractivity contribution in [2.45, 2.75) is 32.7 Å². The van der Waals surface area contributed by atoms with E-state index in [1.807, 2.05) is 31.1 Å². The predicted octanol–water partition coefficient (Wildman–Crippen LogP) is 3.78. The molecule has 0 fully saturated rings. The molecule has 0 aliphatic rings. The molecular formula is C21H30N4O. The van der Waals surface area contributed by atoms with E-state index < -0.39 is 0 Å². The van der Waals surface area contributed by atoms with Gasteiger partial charge in [0.1, 0.15) is 5.75 Å². The van der Waals surface area contributed by atoms with Gasteiger partial charge in [-0.25, -0.2) is 0 Å². The smallest absolute Gasteiger partial charge is 0.202 e. The van der Waals surface area contributed by atoms with E-state index >= 15 is 0 Å². The van der Waals surface area contributed by atoms with Crippen LogP contribution >= 0.6 is 0 Å². The Bertz CT molecular complexity index is 740. The fraction of sp³-hybridized carbons (Fsp3) is 0.381. The molecule has 5 heteroatoms. The number of hydrogen-bond acceptors (Lipinski definition) is 3. The molecule has 2 aromatic carbocycles. The number of guanidine groups is 1. The summed E-state index contributed by atoms with van der Waals surface area (Å²) in [4.78, 5) is 6.39. The Labute approximate surface area is 156 Å². The molecule has 0 amide bonds. The van der Waals surface area contributed by atoms with Crippen molar-refractivity contribution in [2.24, 2.45) is 4.99 Å². The molecule has 1 unspecified atom stereocenters. The SMILES string of the molecule is CN=C(Nc1ccc(O)c(CCC(C)NC)c1)N(C)c1ccc(C)cc1. The number of anilines is 2. The minimum absolute atomic E-state index is 0.334. The van der Waals surface area contributed by atoms with E-state index in [-0.39, 0.29) is 0 Å². The summed E-state index contributed by atoms with van der Waals surface area (Å²) in [5, 5.41) is 16.7. The van der Waals surface area contributed by atoms with E-state index in [0.717, 1.165) is 35.7 Å². The highest BCUT2D eigenvalue weighted by molar-refractivity contribution is 6.05. The molecule has 0 heterocycles. The van der Waals surface area contributed by atoms with E-state index in [2.05, 4.69) is 53.7 Å². The van der Waals surface area contributed by atoms with Gasteiger partial charge in [0, 0.05) is 31.5 Å². The number of aromatic hydroxyl groups is 1. The summed E-state index contributed by atoms with van der Waals surface area (Å²) < 4.78 is 0. The molecular weight excluding hydrogens is 324 g/mol. The van der Waals surface area contributed by atoms with Crippen LogP contribution in [-0.2, 0) is 6.42 Å². The zero-order valence-electron chi connectivity index (χ0n) is 16.4. The second-order valence-electron chi connectivity index (χ2n) is 6.64. The van der Waals surface area contributed by atoms with Crippen molar-refractivity contribution in [1.29, 1.82) is 0 Å². The quantitative estimate of drug-likeness (QED) is 0.420. The van der Waals surface area contributed by atoms with Gasteiger partial charge in [-0.05, 0) is 69.6 Å². The first-order chi connectivity index (χ1) is 12.4. The second-order valence-corrected chi connectivity index (χ2v) is 6.64. The van der Waals surface area contributed by atoms with E-state index in [4.69, 9.17) is 0 Å². The van der Waals surface area contributed by atoms with Gasteiger partial charge >= 0.3 is 0 Å². The Hall–Kier alpha value is -2.53. The number of rotatable bonds is 6. The number of nitrogens with zero attached hydrogens (tertiary/aromatic N) is 2. The van der Waals surface area contributed by atoms with Gasteiger partial charge in [-0.1, -0.05) is 17.7 Å². The number of aryl methyl sites for hydroxylation is 2. The molecule has 0 radical (unpaired) electrons. The lowest BCUT2D eigenvalue weighted by Gasteiger charge is -2.23.